The summed E-state index contributed by atoms with van der Waals surface area (Å²) < 4.78 is 13.5. The number of nitrogens with one attached hydrogen (secondary N) is 1. The van der Waals surface area contributed by atoms with E-state index in [1.807, 2.05) is 0 Å². The topological polar surface area (TPSA) is 32.3 Å². The van der Waals surface area contributed by atoms with Crippen molar-refractivity contribution in [3.8, 4) is 0 Å². The minimum Gasteiger partial charge on any atom is -0.389 e. The molecule has 0 aromatic heterocycles. The third-order valence-electron chi connectivity index (χ3n) is 3.30. The summed E-state index contributed by atoms with van der Waals surface area (Å²) in [7, 11) is 0. The van der Waals surface area contributed by atoms with Gasteiger partial charge in [0.15, 0.2) is 0 Å². The van der Waals surface area contributed by atoms with E-state index < -0.39 is 5.60 Å². The predicted octanol–water partition coefficient (Wildman–Crippen LogP) is 2.98. The van der Waals surface area contributed by atoms with Crippen LogP contribution < -0.4 is 5.32 Å². The minimum absolute atomic E-state index is 0.247. The number of benzene rings is 1. The van der Waals surface area contributed by atoms with Gasteiger partial charge in [-0.1, -0.05) is 18.9 Å². The number of hydrogen-bond donors (Lipinski definition) is 2. The van der Waals surface area contributed by atoms with E-state index in [1.54, 1.807) is 12.1 Å². The number of aliphatic hydroxyl groups is 1. The highest BCUT2D eigenvalue weighted by Crippen LogP contribution is 2.28. The zero-order chi connectivity index (χ0) is 12.3. The first-order valence-corrected chi connectivity index (χ1v) is 6.75. The highest BCUT2D eigenvalue weighted by molar-refractivity contribution is 9.10. The van der Waals surface area contributed by atoms with E-state index in [0.717, 1.165) is 31.2 Å². The van der Waals surface area contributed by atoms with Crippen LogP contribution in [0.3, 0.4) is 0 Å². The first-order valence-electron chi connectivity index (χ1n) is 5.96. The molecule has 0 amide bonds. The largest absolute Gasteiger partial charge is 0.389 e. The van der Waals surface area contributed by atoms with Crippen molar-refractivity contribution in [3.63, 3.8) is 0 Å². The Morgan fingerprint density at radius 2 is 2.06 bits per heavy atom. The van der Waals surface area contributed by atoms with Crippen molar-refractivity contribution in [2.45, 2.75) is 37.8 Å². The van der Waals surface area contributed by atoms with Gasteiger partial charge in [-0.05, 0) is 46.5 Å². The van der Waals surface area contributed by atoms with E-state index in [0.29, 0.717) is 17.6 Å². The zero-order valence-corrected chi connectivity index (χ0v) is 11.3. The molecule has 2 nitrogen and oxygen atoms in total. The molecule has 1 saturated carbocycles. The minimum atomic E-state index is -0.530. The molecule has 2 N–H and O–H groups in total. The maximum atomic E-state index is 13.0. The summed E-state index contributed by atoms with van der Waals surface area (Å²) in [5.41, 5.74) is 0.483. The Labute approximate surface area is 109 Å². The molecule has 0 saturated heterocycles. The maximum Gasteiger partial charge on any atom is 0.137 e. The summed E-state index contributed by atoms with van der Waals surface area (Å²) in [6.45, 7) is 1.27. The van der Waals surface area contributed by atoms with Gasteiger partial charge < -0.3 is 10.4 Å². The van der Waals surface area contributed by atoms with Crippen molar-refractivity contribution in [3.05, 3.63) is 34.1 Å². The van der Waals surface area contributed by atoms with E-state index in [2.05, 4.69) is 21.2 Å². The quantitative estimate of drug-likeness (QED) is 0.896. The molecule has 4 heteroatoms. The number of rotatable bonds is 4. The van der Waals surface area contributed by atoms with E-state index in [9.17, 15) is 9.50 Å². The molecule has 1 aliphatic rings. The van der Waals surface area contributed by atoms with Crippen LogP contribution in [0.25, 0.3) is 0 Å². The molecule has 0 bridgehead atoms. The van der Waals surface area contributed by atoms with Crippen molar-refractivity contribution in [2.75, 3.05) is 6.54 Å². The Bertz CT molecular complexity index is 391. The highest BCUT2D eigenvalue weighted by Gasteiger charge is 2.30. The fourth-order valence-electron chi connectivity index (χ4n) is 2.30. The molecule has 0 radical (unpaired) electrons. The third-order valence-corrected chi connectivity index (χ3v) is 3.91. The average molecular weight is 302 g/mol. The monoisotopic (exact) mass is 301 g/mol. The maximum absolute atomic E-state index is 13.0. The molecular weight excluding hydrogens is 285 g/mol. The molecule has 1 aromatic rings. The van der Waals surface area contributed by atoms with Crippen LogP contribution in [0, 0.1) is 5.82 Å². The van der Waals surface area contributed by atoms with Crippen LogP contribution in [0.2, 0.25) is 0 Å². The van der Waals surface area contributed by atoms with Crippen molar-refractivity contribution >= 4 is 15.9 Å². The number of hydrogen-bond acceptors (Lipinski definition) is 2. The van der Waals surface area contributed by atoms with Crippen molar-refractivity contribution in [2.24, 2.45) is 0 Å². The van der Waals surface area contributed by atoms with Gasteiger partial charge in [-0.3, -0.25) is 0 Å². The van der Waals surface area contributed by atoms with Gasteiger partial charge in [0.25, 0.3) is 0 Å². The summed E-state index contributed by atoms with van der Waals surface area (Å²) in [5.74, 6) is -0.247. The van der Waals surface area contributed by atoms with E-state index >= 15 is 0 Å². The molecule has 0 spiro atoms. The van der Waals surface area contributed by atoms with Crippen LogP contribution in [-0.2, 0) is 6.54 Å². The standard InChI is InChI=1S/C13H17BrFNO/c14-11-7-10(3-4-12(11)15)8-16-9-13(17)5-1-2-6-13/h3-4,7,16-17H,1-2,5-6,8-9H2. The van der Waals surface area contributed by atoms with Gasteiger partial charge in [-0.15, -0.1) is 0 Å². The second-order valence-electron chi connectivity index (χ2n) is 4.78. The molecule has 17 heavy (non-hydrogen) atoms. The Morgan fingerprint density at radius 1 is 1.35 bits per heavy atom. The van der Waals surface area contributed by atoms with Crippen LogP contribution in [0.15, 0.2) is 22.7 Å². The fourth-order valence-corrected chi connectivity index (χ4v) is 2.73. The average Bonchev–Trinajstić information content (AvgIpc) is 2.71. The van der Waals surface area contributed by atoms with Crippen molar-refractivity contribution in [1.82, 2.24) is 5.32 Å². The molecule has 0 aliphatic heterocycles. The Morgan fingerprint density at radius 3 is 2.71 bits per heavy atom. The lowest BCUT2D eigenvalue weighted by molar-refractivity contribution is 0.0475. The summed E-state index contributed by atoms with van der Waals surface area (Å²) >= 11 is 3.16. The lowest BCUT2D eigenvalue weighted by atomic mass is 10.0. The molecule has 0 unspecified atom stereocenters. The van der Waals surface area contributed by atoms with Gasteiger partial charge in [0, 0.05) is 13.1 Å². The first-order chi connectivity index (χ1) is 8.09. The Balaban J connectivity index is 1.83. The van der Waals surface area contributed by atoms with Gasteiger partial charge in [0.05, 0.1) is 10.1 Å². The van der Waals surface area contributed by atoms with Crippen molar-refractivity contribution < 1.29 is 9.50 Å². The fraction of sp³-hybridized carbons (Fsp3) is 0.538. The molecule has 2 rings (SSSR count). The van der Waals surface area contributed by atoms with Gasteiger partial charge in [-0.25, -0.2) is 4.39 Å². The van der Waals surface area contributed by atoms with Gasteiger partial charge in [0.1, 0.15) is 5.82 Å². The van der Waals surface area contributed by atoms with Crippen LogP contribution in [0.1, 0.15) is 31.2 Å². The molecular formula is C13H17BrFNO. The molecule has 1 fully saturated rings. The predicted molar refractivity (Wildman–Crippen MR) is 69.2 cm³/mol. The van der Waals surface area contributed by atoms with E-state index in [-0.39, 0.29) is 5.82 Å². The normalized spacial score (nSPS) is 18.5. The van der Waals surface area contributed by atoms with Gasteiger partial charge in [-0.2, -0.15) is 0 Å². The summed E-state index contributed by atoms with van der Waals surface area (Å²) in [5, 5.41) is 13.4. The van der Waals surface area contributed by atoms with E-state index in [1.165, 1.54) is 6.07 Å². The Hall–Kier alpha value is -0.450. The lowest BCUT2D eigenvalue weighted by Gasteiger charge is -2.22. The molecule has 1 aromatic carbocycles. The summed E-state index contributed by atoms with van der Waals surface area (Å²) in [4.78, 5) is 0. The van der Waals surface area contributed by atoms with Gasteiger partial charge in [0.2, 0.25) is 0 Å². The van der Waals surface area contributed by atoms with Crippen molar-refractivity contribution in [1.29, 1.82) is 0 Å². The molecule has 0 heterocycles. The highest BCUT2D eigenvalue weighted by atomic mass is 79.9. The van der Waals surface area contributed by atoms with Crippen LogP contribution in [0.5, 0.6) is 0 Å². The van der Waals surface area contributed by atoms with E-state index in [4.69, 9.17) is 0 Å². The molecule has 0 atom stereocenters. The van der Waals surface area contributed by atoms with Crippen LogP contribution in [-0.4, -0.2) is 17.3 Å². The SMILES string of the molecule is OC1(CNCc2ccc(F)c(Br)c2)CCCC1. The third kappa shape index (κ3) is 3.50. The summed E-state index contributed by atoms with van der Waals surface area (Å²) in [6.07, 6.45) is 3.99. The first kappa shape index (κ1) is 13.0. The smallest absolute Gasteiger partial charge is 0.137 e. The summed E-state index contributed by atoms with van der Waals surface area (Å²) in [6, 6.07) is 4.97. The number of halogens is 2. The Kier molecular flexibility index (Phi) is 4.17. The van der Waals surface area contributed by atoms with Gasteiger partial charge >= 0.3 is 0 Å². The zero-order valence-electron chi connectivity index (χ0n) is 9.68. The lowest BCUT2D eigenvalue weighted by Crippen LogP contribution is -2.37. The second kappa shape index (κ2) is 5.46. The van der Waals surface area contributed by atoms with Crippen LogP contribution in [0.4, 0.5) is 4.39 Å². The molecule has 94 valence electrons. The van der Waals surface area contributed by atoms with Crippen LogP contribution >= 0.6 is 15.9 Å². The molecule has 1 aliphatic carbocycles. The second-order valence-corrected chi connectivity index (χ2v) is 5.64.